The number of carbonyl (C=O) groups is 3. The summed E-state index contributed by atoms with van der Waals surface area (Å²) in [4.78, 5) is 35.3. The minimum atomic E-state index is -1.47. The van der Waals surface area contributed by atoms with Gasteiger partial charge in [0.2, 0.25) is 0 Å². The maximum atomic E-state index is 13.0. The first-order valence-electron chi connectivity index (χ1n) is 18.8. The van der Waals surface area contributed by atoms with Gasteiger partial charge in [0.25, 0.3) is 6.47 Å². The Hall–Kier alpha value is -3.14. The third-order valence-corrected chi connectivity index (χ3v) is 10.5. The third-order valence-electron chi connectivity index (χ3n) is 10.2. The number of carboxylic acid groups (broad SMARTS) is 1. The number of ether oxygens (including phenoxy) is 4. The summed E-state index contributed by atoms with van der Waals surface area (Å²) in [7, 11) is 1.70. The van der Waals surface area contributed by atoms with Crippen molar-refractivity contribution < 1.29 is 53.8 Å². The Morgan fingerprint density at radius 2 is 1.85 bits per heavy atom. The molecule has 0 saturated carbocycles. The second-order valence-electron chi connectivity index (χ2n) is 15.0. The molecule has 0 radical (unpaired) electrons. The number of hydrogen-bond acceptors (Lipinski definition) is 12. The fraction of sp³-hybridized carbons (Fsp3) is 0.634. The number of nitrogens with two attached hydrogens (primary N) is 1. The zero-order chi connectivity index (χ0) is 41.5. The highest BCUT2D eigenvalue weighted by atomic mass is 35.5. The molecule has 1 aromatic carbocycles. The molecular weight excluding hydrogens is 732 g/mol. The molecule has 0 aromatic heterocycles. The summed E-state index contributed by atoms with van der Waals surface area (Å²) in [6, 6.07) is 7.12. The number of hydrogen-bond donors (Lipinski definition) is 5. The van der Waals surface area contributed by atoms with E-state index in [9.17, 15) is 24.9 Å². The minimum absolute atomic E-state index is 0.00202. The largest absolute Gasteiger partial charge is 0.483 e. The number of methoxy groups -OCH3 is 1. The van der Waals surface area contributed by atoms with Gasteiger partial charge in [-0.1, -0.05) is 68.8 Å². The summed E-state index contributed by atoms with van der Waals surface area (Å²) in [5.41, 5.74) is 4.96. The molecule has 1 saturated heterocycles. The predicted octanol–water partition coefficient (Wildman–Crippen LogP) is 4.58. The van der Waals surface area contributed by atoms with Crippen LogP contribution in [-0.2, 0) is 39.9 Å². The molecule has 2 aliphatic rings. The van der Waals surface area contributed by atoms with Crippen molar-refractivity contribution in [2.45, 2.75) is 135 Å². The van der Waals surface area contributed by atoms with Crippen LogP contribution in [0.15, 0.2) is 60.2 Å². The van der Waals surface area contributed by atoms with E-state index in [0.29, 0.717) is 30.2 Å². The summed E-state index contributed by atoms with van der Waals surface area (Å²) in [5, 5.41) is 41.5. The van der Waals surface area contributed by atoms with Gasteiger partial charge in [0.15, 0.2) is 0 Å². The molecule has 310 valence electrons. The van der Waals surface area contributed by atoms with E-state index in [1.807, 2.05) is 38.1 Å². The van der Waals surface area contributed by atoms with Crippen LogP contribution in [-0.4, -0.2) is 118 Å². The lowest BCUT2D eigenvalue weighted by Crippen LogP contribution is -2.55. The second kappa shape index (κ2) is 22.6. The molecule has 0 amide bonds. The van der Waals surface area contributed by atoms with E-state index in [1.54, 1.807) is 51.3 Å². The topological polar surface area (TPSA) is 202 Å². The van der Waals surface area contributed by atoms with Crippen LogP contribution in [0, 0.1) is 11.8 Å². The van der Waals surface area contributed by atoms with Gasteiger partial charge >= 0.3 is 11.9 Å². The monoisotopic (exact) mass is 794 g/mol. The lowest BCUT2D eigenvalue weighted by Gasteiger charge is -2.39. The van der Waals surface area contributed by atoms with Crippen molar-refractivity contribution in [1.29, 1.82) is 0 Å². The van der Waals surface area contributed by atoms with E-state index in [4.69, 9.17) is 46.2 Å². The highest BCUT2D eigenvalue weighted by Crippen LogP contribution is 2.41. The Bertz CT molecular complexity index is 1440. The Morgan fingerprint density at radius 3 is 2.42 bits per heavy atom. The molecule has 0 bridgehead atoms. The summed E-state index contributed by atoms with van der Waals surface area (Å²) >= 11 is 6.17. The van der Waals surface area contributed by atoms with Crippen molar-refractivity contribution in [1.82, 2.24) is 4.90 Å². The van der Waals surface area contributed by atoms with Crippen molar-refractivity contribution in [2.24, 2.45) is 17.6 Å². The van der Waals surface area contributed by atoms with Gasteiger partial charge in [-0.25, -0.2) is 0 Å². The Kier molecular flexibility index (Phi) is 19.7. The SMILES string of the molecule is CC[C@H](OC)[C@@H](C)[C@H]1O[C@@H]1C(N(CCN)Cc1ccc(Cl)cc1)C(C)(O)/C=C/C=C(\C)C1OC(=O)C[C@H](O)CC[C@@](C)(O)[C@@H](OC(C)=O)/C=C/[C@@H]1C.O=CO. The number of allylic oxidation sites excluding steroid dienone is 2. The fourth-order valence-corrected chi connectivity index (χ4v) is 7.34. The van der Waals surface area contributed by atoms with Crippen LogP contribution in [0.2, 0.25) is 5.02 Å². The number of epoxide rings is 1. The van der Waals surface area contributed by atoms with Gasteiger partial charge in [0, 0.05) is 50.5 Å². The van der Waals surface area contributed by atoms with Crippen LogP contribution in [0.4, 0.5) is 0 Å². The van der Waals surface area contributed by atoms with E-state index < -0.39 is 53.4 Å². The van der Waals surface area contributed by atoms with Crippen molar-refractivity contribution in [3.8, 4) is 0 Å². The van der Waals surface area contributed by atoms with Crippen LogP contribution < -0.4 is 5.73 Å². The molecule has 2 aliphatic heterocycles. The van der Waals surface area contributed by atoms with E-state index in [-0.39, 0.29) is 50.0 Å². The summed E-state index contributed by atoms with van der Waals surface area (Å²) in [5.74, 6) is -1.44. The molecule has 14 heteroatoms. The Labute approximate surface area is 331 Å². The quantitative estimate of drug-likeness (QED) is 0.0544. The van der Waals surface area contributed by atoms with Gasteiger partial charge in [-0.2, -0.15) is 0 Å². The molecule has 1 fully saturated rings. The molecule has 55 heavy (non-hydrogen) atoms. The average Bonchev–Trinajstić information content (AvgIpc) is 3.89. The number of aliphatic hydroxyl groups is 3. The number of benzene rings is 1. The van der Waals surface area contributed by atoms with Gasteiger partial charge in [-0.15, -0.1) is 0 Å². The number of esters is 2. The van der Waals surface area contributed by atoms with E-state index in [0.717, 1.165) is 12.0 Å². The highest BCUT2D eigenvalue weighted by Gasteiger charge is 2.56. The first kappa shape index (κ1) is 48.0. The number of nitrogens with zero attached hydrogens (tertiary/aromatic N) is 1. The first-order valence-corrected chi connectivity index (χ1v) is 19.2. The number of carbonyl (C=O) groups excluding carboxylic acids is 2. The fourth-order valence-electron chi connectivity index (χ4n) is 7.21. The van der Waals surface area contributed by atoms with Crippen LogP contribution in [0.5, 0.6) is 0 Å². The summed E-state index contributed by atoms with van der Waals surface area (Å²) < 4.78 is 23.4. The van der Waals surface area contributed by atoms with E-state index in [2.05, 4.69) is 18.7 Å². The molecule has 3 unspecified atom stereocenters. The van der Waals surface area contributed by atoms with Crippen molar-refractivity contribution in [3.63, 3.8) is 0 Å². The number of cyclic esters (lactones) is 1. The summed E-state index contributed by atoms with van der Waals surface area (Å²) in [6.45, 7) is 13.5. The average molecular weight is 795 g/mol. The van der Waals surface area contributed by atoms with Gasteiger partial charge in [0.05, 0.1) is 36.4 Å². The highest BCUT2D eigenvalue weighted by molar-refractivity contribution is 6.30. The second-order valence-corrected chi connectivity index (χ2v) is 15.4. The van der Waals surface area contributed by atoms with Crippen molar-refractivity contribution in [2.75, 3.05) is 20.2 Å². The molecule has 13 nitrogen and oxygen atoms in total. The predicted molar refractivity (Wildman–Crippen MR) is 210 cm³/mol. The van der Waals surface area contributed by atoms with Crippen LogP contribution >= 0.6 is 11.6 Å². The van der Waals surface area contributed by atoms with E-state index in [1.165, 1.54) is 6.92 Å². The minimum Gasteiger partial charge on any atom is -0.483 e. The normalized spacial score (nSPS) is 29.6. The standard InChI is InChI=1S/C40H61ClN2O9.CH2O2/c1-9-32(49-8)27(4)36-37(52-36)38(43(22-21-42)24-29-13-15-30(41)16-14-29)40(7,48)19-10-11-25(2)35-26(3)12-17-33(50-28(5)44)39(6,47)20-18-31(45)23-34(46)51-35;2-1-3/h10-17,19,26-27,31-33,35-38,45,47-48H,9,18,20-24,42H2,1-8H3;1H,(H,2,3)/b17-12+,19-10+,25-11+;/t26-,27+,31+,32-,33-,35?,36+,37-,38?,39+,40?;/m0./s1. The molecule has 6 N–H and O–H groups in total. The zero-order valence-corrected chi connectivity index (χ0v) is 34.2. The van der Waals surface area contributed by atoms with Gasteiger partial charge < -0.3 is 45.1 Å². The Balaban J connectivity index is 0.00000337. The van der Waals surface area contributed by atoms with Crippen molar-refractivity contribution >= 4 is 30.0 Å². The molecule has 3 rings (SSSR count). The lowest BCUT2D eigenvalue weighted by molar-refractivity contribution is -0.157. The van der Waals surface area contributed by atoms with Crippen molar-refractivity contribution in [3.05, 3.63) is 70.8 Å². The maximum absolute atomic E-state index is 13.0. The lowest BCUT2D eigenvalue weighted by atomic mass is 9.85. The molecule has 0 spiro atoms. The smallest absolute Gasteiger partial charge is 0.309 e. The van der Waals surface area contributed by atoms with Gasteiger partial charge in [0.1, 0.15) is 23.9 Å². The number of halogens is 1. The van der Waals surface area contributed by atoms with Crippen LogP contribution in [0.1, 0.15) is 79.7 Å². The maximum Gasteiger partial charge on any atom is 0.309 e. The zero-order valence-electron chi connectivity index (χ0n) is 33.5. The molecular formula is C41H63ClN2O11. The van der Waals surface area contributed by atoms with Gasteiger partial charge in [-0.05, 0) is 69.4 Å². The number of rotatable bonds is 15. The van der Waals surface area contributed by atoms with Crippen LogP contribution in [0.25, 0.3) is 0 Å². The molecule has 1 aromatic rings. The first-order chi connectivity index (χ1) is 25.8. The van der Waals surface area contributed by atoms with E-state index >= 15 is 0 Å². The molecule has 2 heterocycles. The van der Waals surface area contributed by atoms with Gasteiger partial charge in [-0.3, -0.25) is 19.3 Å². The number of aliphatic hydroxyl groups excluding tert-OH is 1. The molecule has 11 atom stereocenters. The third kappa shape index (κ3) is 15.0. The Morgan fingerprint density at radius 1 is 1.22 bits per heavy atom. The summed E-state index contributed by atoms with van der Waals surface area (Å²) in [6.07, 6.45) is 6.19. The van der Waals surface area contributed by atoms with Crippen LogP contribution in [0.3, 0.4) is 0 Å². The molecule has 0 aliphatic carbocycles.